The van der Waals surface area contributed by atoms with Gasteiger partial charge in [0.25, 0.3) is 0 Å². The molecule has 29 heavy (non-hydrogen) atoms. The van der Waals surface area contributed by atoms with Gasteiger partial charge in [-0.15, -0.1) is 0 Å². The Balaban J connectivity index is 2.10. The number of methoxy groups -OCH3 is 1. The molecule has 9 nitrogen and oxygen atoms in total. The highest BCUT2D eigenvalue weighted by atomic mass is 32.2. The van der Waals surface area contributed by atoms with Gasteiger partial charge in [0.1, 0.15) is 5.82 Å². The van der Waals surface area contributed by atoms with E-state index in [1.165, 1.54) is 0 Å². The summed E-state index contributed by atoms with van der Waals surface area (Å²) in [6, 6.07) is 1.78. The van der Waals surface area contributed by atoms with E-state index in [4.69, 9.17) is 10.5 Å². The van der Waals surface area contributed by atoms with Crippen molar-refractivity contribution in [1.82, 2.24) is 15.0 Å². The molecule has 10 heteroatoms. The first-order valence-corrected chi connectivity index (χ1v) is 11.5. The van der Waals surface area contributed by atoms with Gasteiger partial charge >= 0.3 is 0 Å². The number of rotatable bonds is 6. The molecule has 3 heterocycles. The fraction of sp³-hybridized carbons (Fsp3) is 0.526. The van der Waals surface area contributed by atoms with Crippen molar-refractivity contribution in [1.29, 1.82) is 0 Å². The van der Waals surface area contributed by atoms with Crippen LogP contribution in [-0.4, -0.2) is 55.9 Å². The lowest BCUT2D eigenvalue weighted by molar-refractivity contribution is 0.0818. The first kappa shape index (κ1) is 21.3. The van der Waals surface area contributed by atoms with Crippen LogP contribution in [0, 0.1) is 6.92 Å². The quantitative estimate of drug-likeness (QED) is 0.727. The van der Waals surface area contributed by atoms with Gasteiger partial charge in [0.2, 0.25) is 16.0 Å². The summed E-state index contributed by atoms with van der Waals surface area (Å²) in [5.74, 6) is 0.976. The molecule has 1 aliphatic heterocycles. The molecule has 3 N–H and O–H groups in total. The maximum Gasteiger partial charge on any atom is 0.229 e. The van der Waals surface area contributed by atoms with Crippen LogP contribution >= 0.6 is 0 Å². The molecule has 0 bridgehead atoms. The van der Waals surface area contributed by atoms with Gasteiger partial charge in [-0.25, -0.2) is 13.4 Å². The Kier molecular flexibility index (Phi) is 6.23. The Morgan fingerprint density at radius 2 is 2.00 bits per heavy atom. The van der Waals surface area contributed by atoms with Gasteiger partial charge in [-0.3, -0.25) is 9.71 Å². The molecule has 0 aliphatic carbocycles. The lowest BCUT2D eigenvalue weighted by atomic mass is 10.0. The second-order valence-corrected chi connectivity index (χ2v) is 8.98. The Morgan fingerprint density at radius 3 is 2.59 bits per heavy atom. The molecule has 2 aromatic rings. The van der Waals surface area contributed by atoms with E-state index in [0.717, 1.165) is 54.8 Å². The zero-order chi connectivity index (χ0) is 21.2. The van der Waals surface area contributed by atoms with E-state index in [0.29, 0.717) is 17.8 Å². The third-order valence-electron chi connectivity index (χ3n) is 5.06. The maximum atomic E-state index is 11.7. The minimum Gasteiger partial charge on any atom is -0.381 e. The van der Waals surface area contributed by atoms with Crippen LogP contribution < -0.4 is 15.4 Å². The Labute approximate surface area is 171 Å². The lowest BCUT2D eigenvalue weighted by Crippen LogP contribution is -2.37. The molecule has 3 rings (SSSR count). The van der Waals surface area contributed by atoms with Crippen molar-refractivity contribution in [3.05, 3.63) is 23.7 Å². The predicted octanol–water partition coefficient (Wildman–Crippen LogP) is 1.98. The van der Waals surface area contributed by atoms with Gasteiger partial charge in [-0.1, -0.05) is 6.92 Å². The van der Waals surface area contributed by atoms with Crippen LogP contribution in [-0.2, 0) is 21.2 Å². The van der Waals surface area contributed by atoms with Crippen molar-refractivity contribution in [3.63, 3.8) is 0 Å². The number of sulfonamides is 1. The molecule has 0 unspecified atom stereocenters. The van der Waals surface area contributed by atoms with Gasteiger partial charge < -0.3 is 15.4 Å². The number of aryl methyl sites for hydroxylation is 2. The number of piperidine rings is 1. The van der Waals surface area contributed by atoms with E-state index in [1.54, 1.807) is 26.3 Å². The fourth-order valence-corrected chi connectivity index (χ4v) is 4.18. The summed E-state index contributed by atoms with van der Waals surface area (Å²) in [4.78, 5) is 15.6. The monoisotopic (exact) mass is 420 g/mol. The molecule has 0 atom stereocenters. The molecule has 0 aromatic carbocycles. The number of hydrogen-bond donors (Lipinski definition) is 2. The first-order valence-electron chi connectivity index (χ1n) is 9.60. The van der Waals surface area contributed by atoms with E-state index in [1.807, 2.05) is 6.92 Å². The molecule has 0 saturated carbocycles. The Bertz CT molecular complexity index is 988. The van der Waals surface area contributed by atoms with E-state index >= 15 is 0 Å². The van der Waals surface area contributed by atoms with Crippen molar-refractivity contribution in [2.45, 2.75) is 39.2 Å². The van der Waals surface area contributed by atoms with E-state index in [-0.39, 0.29) is 12.1 Å². The third-order valence-corrected chi connectivity index (χ3v) is 5.65. The molecule has 158 valence electrons. The van der Waals surface area contributed by atoms with Crippen molar-refractivity contribution < 1.29 is 13.2 Å². The van der Waals surface area contributed by atoms with Gasteiger partial charge in [0.05, 0.1) is 29.4 Å². The number of pyridine rings is 1. The second kappa shape index (κ2) is 8.50. The van der Waals surface area contributed by atoms with Gasteiger partial charge in [0, 0.05) is 37.5 Å². The van der Waals surface area contributed by atoms with Gasteiger partial charge in [-0.2, -0.15) is 4.98 Å². The minimum absolute atomic E-state index is 0.226. The molecular formula is C19H28N6O3S. The standard InChI is InChI=1S/C19H28N6O3S/c1-5-15-17(13-10-16(12(2)21-11-13)24-29(4,26)27)18(23-19(20)22-15)25-8-6-14(28-3)7-9-25/h10-11,14,24H,5-9H2,1-4H3,(H2,20,22,23). The molecular weight excluding hydrogens is 392 g/mol. The number of nitrogens with zero attached hydrogens (tertiary/aromatic N) is 4. The van der Waals surface area contributed by atoms with Crippen LogP contribution in [0.2, 0.25) is 0 Å². The summed E-state index contributed by atoms with van der Waals surface area (Å²) in [5, 5.41) is 0. The number of anilines is 3. The van der Waals surface area contributed by atoms with Crippen LogP contribution in [0.5, 0.6) is 0 Å². The fourth-order valence-electron chi connectivity index (χ4n) is 3.57. The number of nitrogen functional groups attached to an aromatic ring is 1. The molecule has 0 amide bonds. The van der Waals surface area contributed by atoms with Crippen molar-refractivity contribution in [2.75, 3.05) is 41.8 Å². The maximum absolute atomic E-state index is 11.7. The topological polar surface area (TPSA) is 123 Å². The number of nitrogens with two attached hydrogens (primary N) is 1. The highest BCUT2D eigenvalue weighted by Crippen LogP contribution is 2.36. The summed E-state index contributed by atoms with van der Waals surface area (Å²) in [6.07, 6.45) is 5.54. The molecule has 1 fully saturated rings. The van der Waals surface area contributed by atoms with Crippen LogP contribution in [0.3, 0.4) is 0 Å². The van der Waals surface area contributed by atoms with Gasteiger partial charge in [-0.05, 0) is 32.3 Å². The SMILES string of the molecule is CCc1nc(N)nc(N2CCC(OC)CC2)c1-c1cnc(C)c(NS(C)(=O)=O)c1. The lowest BCUT2D eigenvalue weighted by Gasteiger charge is -2.33. The zero-order valence-corrected chi connectivity index (χ0v) is 18.1. The van der Waals surface area contributed by atoms with Crippen molar-refractivity contribution >= 4 is 27.5 Å². The molecule has 1 saturated heterocycles. The van der Waals surface area contributed by atoms with Crippen LogP contribution in [0.4, 0.5) is 17.5 Å². The summed E-state index contributed by atoms with van der Waals surface area (Å²) in [5.41, 5.74) is 9.42. The minimum atomic E-state index is -3.43. The average molecular weight is 421 g/mol. The van der Waals surface area contributed by atoms with Crippen LogP contribution in [0.15, 0.2) is 12.3 Å². The normalized spacial score (nSPS) is 15.5. The summed E-state index contributed by atoms with van der Waals surface area (Å²) in [7, 11) is -1.69. The van der Waals surface area contributed by atoms with Crippen molar-refractivity contribution in [2.24, 2.45) is 0 Å². The summed E-state index contributed by atoms with van der Waals surface area (Å²) >= 11 is 0. The number of hydrogen-bond acceptors (Lipinski definition) is 8. The molecule has 0 radical (unpaired) electrons. The third kappa shape index (κ3) is 4.94. The average Bonchev–Trinajstić information content (AvgIpc) is 2.68. The summed E-state index contributed by atoms with van der Waals surface area (Å²) < 4.78 is 31.5. The molecule has 1 aliphatic rings. The second-order valence-electron chi connectivity index (χ2n) is 7.23. The number of aromatic nitrogens is 3. The first-order chi connectivity index (χ1) is 13.7. The summed E-state index contributed by atoms with van der Waals surface area (Å²) in [6.45, 7) is 5.34. The largest absolute Gasteiger partial charge is 0.381 e. The van der Waals surface area contributed by atoms with E-state index in [2.05, 4.69) is 24.6 Å². The van der Waals surface area contributed by atoms with E-state index in [9.17, 15) is 8.42 Å². The number of ether oxygens (including phenoxy) is 1. The highest BCUT2D eigenvalue weighted by Gasteiger charge is 2.25. The van der Waals surface area contributed by atoms with Gasteiger partial charge in [0.15, 0.2) is 0 Å². The Hall–Kier alpha value is -2.46. The molecule has 2 aromatic heterocycles. The van der Waals surface area contributed by atoms with Crippen molar-refractivity contribution in [3.8, 4) is 11.1 Å². The Morgan fingerprint density at radius 1 is 1.31 bits per heavy atom. The zero-order valence-electron chi connectivity index (χ0n) is 17.3. The predicted molar refractivity (Wildman–Crippen MR) is 115 cm³/mol. The van der Waals surface area contributed by atoms with Crippen LogP contribution in [0.25, 0.3) is 11.1 Å². The van der Waals surface area contributed by atoms with E-state index < -0.39 is 10.0 Å². The number of nitrogens with one attached hydrogen (secondary N) is 1. The smallest absolute Gasteiger partial charge is 0.229 e. The van der Waals surface area contributed by atoms with Crippen LogP contribution in [0.1, 0.15) is 31.2 Å². The highest BCUT2D eigenvalue weighted by molar-refractivity contribution is 7.92. The molecule has 0 spiro atoms.